The van der Waals surface area contributed by atoms with Crippen LogP contribution in [0.25, 0.3) is 0 Å². The van der Waals surface area contributed by atoms with Crippen molar-refractivity contribution in [3.8, 4) is 11.5 Å². The second kappa shape index (κ2) is 5.83. The fourth-order valence-corrected chi connectivity index (χ4v) is 2.50. The summed E-state index contributed by atoms with van der Waals surface area (Å²) in [5, 5.41) is 1.36. The summed E-state index contributed by atoms with van der Waals surface area (Å²) in [6.45, 7) is 4.31. The van der Waals surface area contributed by atoms with Crippen LogP contribution in [0.4, 0.5) is 0 Å². The molecule has 0 unspecified atom stereocenters. The van der Waals surface area contributed by atoms with Gasteiger partial charge in [0, 0.05) is 22.2 Å². The summed E-state index contributed by atoms with van der Waals surface area (Å²) >= 11 is 12.0. The maximum absolute atomic E-state index is 6.01. The zero-order valence-corrected chi connectivity index (χ0v) is 12.3. The van der Waals surface area contributed by atoms with Gasteiger partial charge in [-0.25, -0.2) is 0 Å². The normalized spacial score (nSPS) is 10.6. The van der Waals surface area contributed by atoms with Gasteiger partial charge in [-0.1, -0.05) is 23.2 Å². The van der Waals surface area contributed by atoms with Gasteiger partial charge in [-0.15, -0.1) is 0 Å². The molecule has 2 nitrogen and oxygen atoms in total. The van der Waals surface area contributed by atoms with E-state index in [2.05, 4.69) is 0 Å². The second-order valence-corrected chi connectivity index (χ2v) is 5.30. The van der Waals surface area contributed by atoms with Crippen LogP contribution in [0.15, 0.2) is 30.3 Å². The van der Waals surface area contributed by atoms with E-state index in [0.29, 0.717) is 16.6 Å². The van der Waals surface area contributed by atoms with Gasteiger partial charge in [0.1, 0.15) is 11.5 Å². The molecule has 2 rings (SSSR count). The van der Waals surface area contributed by atoms with E-state index in [4.69, 9.17) is 33.7 Å². The molecule has 0 bridgehead atoms. The molecule has 0 saturated heterocycles. The average molecular weight is 296 g/mol. The third kappa shape index (κ3) is 3.21. The molecule has 0 heterocycles. The SMILES string of the molecule is Cc1cc(Cl)cc(C)c1Oc1ccc(Cl)cc1CN. The van der Waals surface area contributed by atoms with E-state index in [1.54, 1.807) is 6.07 Å². The molecule has 0 amide bonds. The van der Waals surface area contributed by atoms with E-state index in [1.165, 1.54) is 0 Å². The van der Waals surface area contributed by atoms with Crippen LogP contribution in [0, 0.1) is 13.8 Å². The molecular weight excluding hydrogens is 281 g/mol. The van der Waals surface area contributed by atoms with Crippen molar-refractivity contribution < 1.29 is 4.74 Å². The molecule has 0 aliphatic heterocycles. The van der Waals surface area contributed by atoms with Crippen LogP contribution < -0.4 is 10.5 Å². The molecular formula is C15H15Cl2NO. The number of benzene rings is 2. The first-order chi connectivity index (χ1) is 9.01. The standard InChI is InChI=1S/C15H15Cl2NO/c1-9-5-13(17)6-10(2)15(9)19-14-4-3-12(16)7-11(14)8-18/h3-7H,8,18H2,1-2H3. The average Bonchev–Trinajstić information content (AvgIpc) is 2.35. The Morgan fingerprint density at radius 1 is 1.00 bits per heavy atom. The first kappa shape index (κ1) is 14.2. The van der Waals surface area contributed by atoms with Gasteiger partial charge in [0.15, 0.2) is 0 Å². The van der Waals surface area contributed by atoms with Gasteiger partial charge in [-0.05, 0) is 55.3 Å². The highest BCUT2D eigenvalue weighted by Gasteiger charge is 2.10. The highest BCUT2D eigenvalue weighted by Crippen LogP contribution is 2.33. The van der Waals surface area contributed by atoms with Crippen LogP contribution in [0.1, 0.15) is 16.7 Å². The van der Waals surface area contributed by atoms with Crippen molar-refractivity contribution >= 4 is 23.2 Å². The van der Waals surface area contributed by atoms with E-state index < -0.39 is 0 Å². The Morgan fingerprint density at radius 3 is 2.21 bits per heavy atom. The Labute approximate surface area is 123 Å². The molecule has 0 aliphatic carbocycles. The fourth-order valence-electron chi connectivity index (χ4n) is 1.98. The fraction of sp³-hybridized carbons (Fsp3) is 0.200. The van der Waals surface area contributed by atoms with Crippen molar-refractivity contribution in [2.75, 3.05) is 0 Å². The molecule has 0 radical (unpaired) electrons. The molecule has 4 heteroatoms. The Balaban J connectivity index is 2.42. The molecule has 2 aromatic carbocycles. The number of hydrogen-bond donors (Lipinski definition) is 1. The lowest BCUT2D eigenvalue weighted by atomic mass is 10.1. The minimum Gasteiger partial charge on any atom is -0.456 e. The summed E-state index contributed by atoms with van der Waals surface area (Å²) in [5.74, 6) is 1.53. The van der Waals surface area contributed by atoms with Gasteiger partial charge < -0.3 is 10.5 Å². The van der Waals surface area contributed by atoms with Gasteiger partial charge in [0.05, 0.1) is 0 Å². The molecule has 19 heavy (non-hydrogen) atoms. The van der Waals surface area contributed by atoms with E-state index in [1.807, 2.05) is 38.1 Å². The van der Waals surface area contributed by atoms with Crippen molar-refractivity contribution in [3.63, 3.8) is 0 Å². The Hall–Kier alpha value is -1.22. The van der Waals surface area contributed by atoms with Crippen molar-refractivity contribution in [2.24, 2.45) is 5.73 Å². The van der Waals surface area contributed by atoms with E-state index in [9.17, 15) is 0 Å². The van der Waals surface area contributed by atoms with Crippen molar-refractivity contribution in [1.82, 2.24) is 0 Å². The topological polar surface area (TPSA) is 35.2 Å². The number of rotatable bonds is 3. The van der Waals surface area contributed by atoms with Crippen LogP contribution >= 0.6 is 23.2 Å². The quantitative estimate of drug-likeness (QED) is 0.877. The number of halogens is 2. The van der Waals surface area contributed by atoms with Gasteiger partial charge in [-0.3, -0.25) is 0 Å². The van der Waals surface area contributed by atoms with Crippen LogP contribution in [0.3, 0.4) is 0 Å². The maximum atomic E-state index is 6.01. The maximum Gasteiger partial charge on any atom is 0.133 e. The highest BCUT2D eigenvalue weighted by molar-refractivity contribution is 6.31. The van der Waals surface area contributed by atoms with Crippen LogP contribution in [0.2, 0.25) is 10.0 Å². The zero-order chi connectivity index (χ0) is 14.0. The van der Waals surface area contributed by atoms with Gasteiger partial charge in [0.25, 0.3) is 0 Å². The molecule has 0 aromatic heterocycles. The number of hydrogen-bond acceptors (Lipinski definition) is 2. The largest absolute Gasteiger partial charge is 0.456 e. The lowest BCUT2D eigenvalue weighted by Gasteiger charge is -2.15. The number of ether oxygens (including phenoxy) is 1. The van der Waals surface area contributed by atoms with Crippen molar-refractivity contribution in [2.45, 2.75) is 20.4 Å². The smallest absolute Gasteiger partial charge is 0.133 e. The molecule has 100 valence electrons. The van der Waals surface area contributed by atoms with Crippen molar-refractivity contribution in [1.29, 1.82) is 0 Å². The number of nitrogens with two attached hydrogens (primary N) is 1. The first-order valence-corrected chi connectivity index (χ1v) is 6.70. The summed E-state index contributed by atoms with van der Waals surface area (Å²) in [6.07, 6.45) is 0. The molecule has 0 fully saturated rings. The first-order valence-electron chi connectivity index (χ1n) is 5.94. The Bertz CT molecular complexity index is 588. The second-order valence-electron chi connectivity index (χ2n) is 4.43. The Kier molecular flexibility index (Phi) is 4.35. The van der Waals surface area contributed by atoms with Gasteiger partial charge in [-0.2, -0.15) is 0 Å². The monoisotopic (exact) mass is 295 g/mol. The predicted octanol–water partition coefficient (Wildman–Crippen LogP) is 4.86. The number of aryl methyl sites for hydroxylation is 2. The summed E-state index contributed by atoms with van der Waals surface area (Å²) < 4.78 is 5.97. The molecule has 0 spiro atoms. The van der Waals surface area contributed by atoms with E-state index >= 15 is 0 Å². The third-order valence-corrected chi connectivity index (χ3v) is 3.33. The molecule has 2 aromatic rings. The van der Waals surface area contributed by atoms with E-state index in [0.717, 1.165) is 28.2 Å². The predicted molar refractivity (Wildman–Crippen MR) is 80.3 cm³/mol. The lowest BCUT2D eigenvalue weighted by Crippen LogP contribution is -2.00. The van der Waals surface area contributed by atoms with Crippen LogP contribution in [0.5, 0.6) is 11.5 Å². The van der Waals surface area contributed by atoms with Crippen molar-refractivity contribution in [3.05, 3.63) is 57.1 Å². The van der Waals surface area contributed by atoms with E-state index in [-0.39, 0.29) is 0 Å². The zero-order valence-electron chi connectivity index (χ0n) is 10.8. The molecule has 0 atom stereocenters. The summed E-state index contributed by atoms with van der Waals surface area (Å²) in [4.78, 5) is 0. The molecule has 0 aliphatic rings. The highest BCUT2D eigenvalue weighted by atomic mass is 35.5. The van der Waals surface area contributed by atoms with Gasteiger partial charge in [0.2, 0.25) is 0 Å². The minimum absolute atomic E-state index is 0.377. The summed E-state index contributed by atoms with van der Waals surface area (Å²) in [5.41, 5.74) is 8.57. The summed E-state index contributed by atoms with van der Waals surface area (Å²) in [6, 6.07) is 9.19. The molecule has 0 saturated carbocycles. The summed E-state index contributed by atoms with van der Waals surface area (Å²) in [7, 11) is 0. The molecule has 2 N–H and O–H groups in total. The van der Waals surface area contributed by atoms with Crippen LogP contribution in [-0.2, 0) is 6.54 Å². The Morgan fingerprint density at radius 2 is 1.63 bits per heavy atom. The van der Waals surface area contributed by atoms with Gasteiger partial charge >= 0.3 is 0 Å². The minimum atomic E-state index is 0.377. The lowest BCUT2D eigenvalue weighted by molar-refractivity contribution is 0.469. The van der Waals surface area contributed by atoms with Crippen LogP contribution in [-0.4, -0.2) is 0 Å². The third-order valence-electron chi connectivity index (χ3n) is 2.88.